The van der Waals surface area contributed by atoms with E-state index in [1.54, 1.807) is 23.9 Å². The Morgan fingerprint density at radius 3 is 2.53 bits per heavy atom. The topological polar surface area (TPSA) is 148 Å². The summed E-state index contributed by atoms with van der Waals surface area (Å²) in [5.41, 5.74) is 1.69. The minimum atomic E-state index is -0.411. The standard InChI is InChI=1S/C24H31N7O5/c1-35-8-9-36-24(34)28-18-6-2-16(3-7-18)26-19-12-20(27-17-4-5-17)31-22(29-19)15(13-25-31)10-14-11-21(32)30-23(14)33/h10,12-13,16-18,27H,2-9,11H2,1H3,(H,26,29)(H,28,34)(H,30,32,33)/b14-10+. The zero-order valence-corrected chi connectivity index (χ0v) is 20.2. The average Bonchev–Trinajstić information content (AvgIpc) is 3.49. The van der Waals surface area contributed by atoms with Gasteiger partial charge in [0.1, 0.15) is 18.2 Å². The second kappa shape index (κ2) is 10.5. The summed E-state index contributed by atoms with van der Waals surface area (Å²) in [5, 5.41) is 16.8. The number of hydrogen-bond acceptors (Lipinski definition) is 9. The molecule has 12 heteroatoms. The van der Waals surface area contributed by atoms with E-state index in [9.17, 15) is 14.4 Å². The Morgan fingerprint density at radius 1 is 1.11 bits per heavy atom. The molecule has 12 nitrogen and oxygen atoms in total. The van der Waals surface area contributed by atoms with E-state index < -0.39 is 6.09 Å². The summed E-state index contributed by atoms with van der Waals surface area (Å²) in [6.07, 6.45) is 8.62. The van der Waals surface area contributed by atoms with Crippen LogP contribution in [0.4, 0.5) is 16.4 Å². The van der Waals surface area contributed by atoms with Crippen LogP contribution in [0.3, 0.4) is 0 Å². The molecule has 3 aliphatic rings. The summed E-state index contributed by atoms with van der Waals surface area (Å²) >= 11 is 0. The summed E-state index contributed by atoms with van der Waals surface area (Å²) < 4.78 is 11.7. The molecule has 2 aliphatic carbocycles. The van der Waals surface area contributed by atoms with Gasteiger partial charge in [-0.3, -0.25) is 14.9 Å². The maximum absolute atomic E-state index is 12.0. The third-order valence-electron chi connectivity index (χ3n) is 6.58. The predicted octanol–water partition coefficient (Wildman–Crippen LogP) is 1.83. The number of methoxy groups -OCH3 is 1. The van der Waals surface area contributed by atoms with Crippen LogP contribution < -0.4 is 21.3 Å². The lowest BCUT2D eigenvalue weighted by Gasteiger charge is -2.29. The number of hydrogen-bond donors (Lipinski definition) is 4. The van der Waals surface area contributed by atoms with Crippen LogP contribution in [0.15, 0.2) is 17.8 Å². The first-order valence-electron chi connectivity index (χ1n) is 12.4. The van der Waals surface area contributed by atoms with Gasteiger partial charge in [0.2, 0.25) is 5.91 Å². The Bertz CT molecular complexity index is 1180. The number of carbonyl (C=O) groups is 3. The van der Waals surface area contributed by atoms with Crippen LogP contribution in [0.1, 0.15) is 50.5 Å². The molecule has 5 rings (SSSR count). The molecule has 192 valence electrons. The lowest BCUT2D eigenvalue weighted by atomic mass is 9.91. The van der Waals surface area contributed by atoms with Gasteiger partial charge in [-0.25, -0.2) is 9.78 Å². The largest absolute Gasteiger partial charge is 0.447 e. The molecule has 4 N–H and O–H groups in total. The van der Waals surface area contributed by atoms with Gasteiger partial charge in [-0.1, -0.05) is 0 Å². The highest BCUT2D eigenvalue weighted by Crippen LogP contribution is 2.29. The molecule has 2 aromatic rings. The van der Waals surface area contributed by atoms with Gasteiger partial charge in [-0.2, -0.15) is 9.61 Å². The molecule has 3 amide bonds. The van der Waals surface area contributed by atoms with Crippen molar-refractivity contribution in [2.45, 2.75) is 63.1 Å². The number of nitrogens with one attached hydrogen (secondary N) is 4. The van der Waals surface area contributed by atoms with Crippen molar-refractivity contribution in [2.24, 2.45) is 0 Å². The van der Waals surface area contributed by atoms with E-state index in [1.807, 2.05) is 6.07 Å². The molecular weight excluding hydrogens is 466 g/mol. The maximum Gasteiger partial charge on any atom is 0.407 e. The Balaban J connectivity index is 1.28. The van der Waals surface area contributed by atoms with E-state index >= 15 is 0 Å². The molecular formula is C24H31N7O5. The highest BCUT2D eigenvalue weighted by atomic mass is 16.6. The normalized spacial score (nSPS) is 23.1. The minimum absolute atomic E-state index is 0.0541. The van der Waals surface area contributed by atoms with E-state index in [0.717, 1.165) is 44.3 Å². The van der Waals surface area contributed by atoms with Crippen molar-refractivity contribution in [1.82, 2.24) is 25.2 Å². The van der Waals surface area contributed by atoms with Crippen molar-refractivity contribution in [1.29, 1.82) is 0 Å². The first-order valence-corrected chi connectivity index (χ1v) is 12.4. The van der Waals surface area contributed by atoms with Crippen LogP contribution in [-0.2, 0) is 19.1 Å². The molecule has 2 aromatic heterocycles. The van der Waals surface area contributed by atoms with Gasteiger partial charge >= 0.3 is 6.09 Å². The van der Waals surface area contributed by atoms with Crippen molar-refractivity contribution in [3.05, 3.63) is 23.4 Å². The highest BCUT2D eigenvalue weighted by molar-refractivity contribution is 6.15. The zero-order chi connectivity index (χ0) is 25.1. The van der Waals surface area contributed by atoms with Gasteiger partial charge in [-0.05, 0) is 44.6 Å². The number of carbonyl (C=O) groups excluding carboxylic acids is 3. The van der Waals surface area contributed by atoms with Crippen LogP contribution in [0, 0.1) is 0 Å². The summed E-state index contributed by atoms with van der Waals surface area (Å²) in [5.74, 6) is 0.865. The average molecular weight is 498 g/mol. The van der Waals surface area contributed by atoms with Crippen molar-refractivity contribution in [3.8, 4) is 0 Å². The van der Waals surface area contributed by atoms with E-state index in [-0.39, 0.29) is 36.9 Å². The summed E-state index contributed by atoms with van der Waals surface area (Å²) in [7, 11) is 1.56. The lowest BCUT2D eigenvalue weighted by molar-refractivity contribution is -0.124. The fraction of sp³-hybridized carbons (Fsp3) is 0.542. The fourth-order valence-electron chi connectivity index (χ4n) is 4.52. The van der Waals surface area contributed by atoms with E-state index in [4.69, 9.17) is 14.5 Å². The lowest BCUT2D eigenvalue weighted by Crippen LogP contribution is -2.40. The summed E-state index contributed by atoms with van der Waals surface area (Å²) in [4.78, 5) is 40.3. The van der Waals surface area contributed by atoms with E-state index in [2.05, 4.69) is 26.4 Å². The van der Waals surface area contributed by atoms with Crippen LogP contribution in [-0.4, -0.2) is 71.0 Å². The minimum Gasteiger partial charge on any atom is -0.447 e. The van der Waals surface area contributed by atoms with Crippen molar-refractivity contribution < 1.29 is 23.9 Å². The molecule has 0 aromatic carbocycles. The van der Waals surface area contributed by atoms with Crippen LogP contribution in [0.25, 0.3) is 11.7 Å². The number of rotatable bonds is 9. The smallest absolute Gasteiger partial charge is 0.407 e. The van der Waals surface area contributed by atoms with Gasteiger partial charge in [0.05, 0.1) is 19.2 Å². The number of ether oxygens (including phenoxy) is 2. The first-order chi connectivity index (χ1) is 17.5. The summed E-state index contributed by atoms with van der Waals surface area (Å²) in [6, 6.07) is 2.66. The summed E-state index contributed by atoms with van der Waals surface area (Å²) in [6.45, 7) is 0.610. The Kier molecular flexibility index (Phi) is 7.03. The Morgan fingerprint density at radius 2 is 1.83 bits per heavy atom. The molecule has 3 heterocycles. The fourth-order valence-corrected chi connectivity index (χ4v) is 4.52. The molecule has 0 atom stereocenters. The molecule has 1 saturated heterocycles. The van der Waals surface area contributed by atoms with Gasteiger partial charge in [0.25, 0.3) is 5.91 Å². The zero-order valence-electron chi connectivity index (χ0n) is 20.2. The maximum atomic E-state index is 12.0. The quantitative estimate of drug-likeness (QED) is 0.231. The molecule has 0 radical (unpaired) electrons. The Labute approximate surface area is 208 Å². The van der Waals surface area contributed by atoms with Crippen LogP contribution in [0.2, 0.25) is 0 Å². The molecule has 2 saturated carbocycles. The van der Waals surface area contributed by atoms with E-state index in [0.29, 0.717) is 35.3 Å². The molecule has 0 unspecified atom stereocenters. The molecule has 0 bridgehead atoms. The van der Waals surface area contributed by atoms with Gasteiger partial charge in [0, 0.05) is 42.4 Å². The van der Waals surface area contributed by atoms with Crippen LogP contribution in [0.5, 0.6) is 0 Å². The predicted molar refractivity (Wildman–Crippen MR) is 131 cm³/mol. The second-order valence-corrected chi connectivity index (χ2v) is 9.47. The van der Waals surface area contributed by atoms with Crippen molar-refractivity contribution >= 4 is 41.3 Å². The highest BCUT2D eigenvalue weighted by Gasteiger charge is 2.27. The number of nitrogens with zero attached hydrogens (tertiary/aromatic N) is 3. The first kappa shape index (κ1) is 24.0. The monoisotopic (exact) mass is 497 g/mol. The van der Waals surface area contributed by atoms with E-state index in [1.165, 1.54) is 0 Å². The SMILES string of the molecule is COCCOC(=O)NC1CCC(Nc2cc(NC3CC3)n3ncc(/C=C4\CC(=O)NC4=O)c3n2)CC1. The number of amides is 3. The molecule has 36 heavy (non-hydrogen) atoms. The van der Waals surface area contributed by atoms with Crippen LogP contribution >= 0.6 is 0 Å². The molecule has 1 aliphatic heterocycles. The molecule has 3 fully saturated rings. The second-order valence-electron chi connectivity index (χ2n) is 9.47. The third-order valence-corrected chi connectivity index (χ3v) is 6.58. The number of anilines is 2. The van der Waals surface area contributed by atoms with Gasteiger partial charge in [0.15, 0.2) is 5.65 Å². The molecule has 0 spiro atoms. The number of imide groups is 1. The number of aromatic nitrogens is 3. The third kappa shape index (κ3) is 5.76. The number of fused-ring (bicyclic) bond motifs is 1. The van der Waals surface area contributed by atoms with Gasteiger partial charge < -0.3 is 25.4 Å². The van der Waals surface area contributed by atoms with Gasteiger partial charge in [-0.15, -0.1) is 0 Å². The Hall–Kier alpha value is -3.67. The number of alkyl carbamates (subject to hydrolysis) is 1. The van der Waals surface area contributed by atoms with Crippen molar-refractivity contribution in [3.63, 3.8) is 0 Å². The van der Waals surface area contributed by atoms with Crippen molar-refractivity contribution in [2.75, 3.05) is 31.0 Å².